The lowest BCUT2D eigenvalue weighted by molar-refractivity contribution is -0.118. The van der Waals surface area contributed by atoms with Gasteiger partial charge < -0.3 is 15.5 Å². The van der Waals surface area contributed by atoms with Gasteiger partial charge in [-0.05, 0) is 37.5 Å². The maximum Gasteiger partial charge on any atom is 0.253 e. The lowest BCUT2D eigenvalue weighted by atomic mass is 10.1. The van der Waals surface area contributed by atoms with Crippen molar-refractivity contribution in [1.29, 1.82) is 0 Å². The Morgan fingerprint density at radius 3 is 2.65 bits per heavy atom. The Hall–Kier alpha value is -2.04. The molecular formula is C15H21N3O2. The summed E-state index contributed by atoms with van der Waals surface area (Å²) in [7, 11) is 1.60. The molecule has 0 aliphatic carbocycles. The van der Waals surface area contributed by atoms with Crippen molar-refractivity contribution in [2.75, 3.05) is 32.0 Å². The van der Waals surface area contributed by atoms with Crippen molar-refractivity contribution in [3.05, 3.63) is 29.8 Å². The molecule has 108 valence electrons. The predicted octanol–water partition coefficient (Wildman–Crippen LogP) is 1.47. The largest absolute Gasteiger partial charge is 0.376 e. The highest BCUT2D eigenvalue weighted by atomic mass is 16.2. The Bertz CT molecular complexity index is 482. The first kappa shape index (κ1) is 14.4. The fraction of sp³-hybridized carbons (Fsp3) is 0.467. The van der Waals surface area contributed by atoms with Crippen LogP contribution in [-0.4, -0.2) is 43.4 Å². The molecule has 2 N–H and O–H groups in total. The van der Waals surface area contributed by atoms with E-state index in [0.717, 1.165) is 31.6 Å². The molecule has 1 aromatic rings. The number of nitrogens with one attached hydrogen (secondary N) is 2. The third kappa shape index (κ3) is 3.73. The van der Waals surface area contributed by atoms with Crippen LogP contribution in [0.4, 0.5) is 5.69 Å². The van der Waals surface area contributed by atoms with Gasteiger partial charge in [-0.15, -0.1) is 0 Å². The van der Waals surface area contributed by atoms with E-state index in [2.05, 4.69) is 10.6 Å². The fourth-order valence-electron chi connectivity index (χ4n) is 2.31. The van der Waals surface area contributed by atoms with Crippen LogP contribution >= 0.6 is 0 Å². The second kappa shape index (κ2) is 6.93. The molecule has 0 saturated carbocycles. The number of hydrogen-bond acceptors (Lipinski definition) is 3. The standard InChI is InChI=1S/C15H21N3O2/c1-16-14(19)11-17-13-7-5-6-12(10-13)15(20)18-8-3-2-4-9-18/h5-7,10,17H,2-4,8-9,11H2,1H3,(H,16,19). The number of hydrogen-bond donors (Lipinski definition) is 2. The number of rotatable bonds is 4. The molecule has 20 heavy (non-hydrogen) atoms. The Morgan fingerprint density at radius 2 is 1.95 bits per heavy atom. The van der Waals surface area contributed by atoms with Gasteiger partial charge in [0.2, 0.25) is 5.91 Å². The van der Waals surface area contributed by atoms with Gasteiger partial charge in [0.25, 0.3) is 5.91 Å². The summed E-state index contributed by atoms with van der Waals surface area (Å²) in [6.45, 7) is 1.89. The molecule has 0 radical (unpaired) electrons. The Morgan fingerprint density at radius 1 is 1.20 bits per heavy atom. The predicted molar refractivity (Wildman–Crippen MR) is 78.8 cm³/mol. The molecule has 0 atom stereocenters. The highest BCUT2D eigenvalue weighted by Crippen LogP contribution is 2.16. The highest BCUT2D eigenvalue weighted by Gasteiger charge is 2.18. The van der Waals surface area contributed by atoms with Crippen LogP contribution in [0, 0.1) is 0 Å². The van der Waals surface area contributed by atoms with Crippen molar-refractivity contribution in [2.45, 2.75) is 19.3 Å². The van der Waals surface area contributed by atoms with Gasteiger partial charge in [-0.25, -0.2) is 0 Å². The van der Waals surface area contributed by atoms with Crippen molar-refractivity contribution >= 4 is 17.5 Å². The molecule has 5 heteroatoms. The van der Waals surface area contributed by atoms with E-state index in [9.17, 15) is 9.59 Å². The zero-order valence-corrected chi connectivity index (χ0v) is 11.8. The third-order valence-electron chi connectivity index (χ3n) is 3.48. The molecule has 0 aromatic heterocycles. The summed E-state index contributed by atoms with van der Waals surface area (Å²) in [5.41, 5.74) is 1.46. The van der Waals surface area contributed by atoms with Crippen molar-refractivity contribution in [3.8, 4) is 0 Å². The van der Waals surface area contributed by atoms with Gasteiger partial charge in [0.15, 0.2) is 0 Å². The number of carbonyl (C=O) groups is 2. The van der Waals surface area contributed by atoms with E-state index in [4.69, 9.17) is 0 Å². The number of carbonyl (C=O) groups excluding carboxylic acids is 2. The van der Waals surface area contributed by atoms with Crippen LogP contribution in [0.2, 0.25) is 0 Å². The van der Waals surface area contributed by atoms with Crippen LogP contribution in [0.25, 0.3) is 0 Å². The van der Waals surface area contributed by atoms with Gasteiger partial charge in [-0.1, -0.05) is 6.07 Å². The number of piperidine rings is 1. The minimum atomic E-state index is -0.0854. The summed E-state index contributed by atoms with van der Waals surface area (Å²) < 4.78 is 0. The van der Waals surface area contributed by atoms with Gasteiger partial charge in [-0.2, -0.15) is 0 Å². The number of anilines is 1. The molecule has 0 unspecified atom stereocenters. The topological polar surface area (TPSA) is 61.4 Å². The molecule has 2 rings (SSSR count). The average Bonchev–Trinajstić information content (AvgIpc) is 2.53. The van der Waals surface area contributed by atoms with E-state index in [1.54, 1.807) is 13.1 Å². The summed E-state index contributed by atoms with van der Waals surface area (Å²) in [5, 5.41) is 5.56. The summed E-state index contributed by atoms with van der Waals surface area (Å²) in [6, 6.07) is 7.32. The third-order valence-corrected chi connectivity index (χ3v) is 3.48. The Balaban J connectivity index is 2.01. The van der Waals surface area contributed by atoms with Crippen molar-refractivity contribution in [2.24, 2.45) is 0 Å². The molecular weight excluding hydrogens is 254 g/mol. The molecule has 0 bridgehead atoms. The van der Waals surface area contributed by atoms with Gasteiger partial charge in [-0.3, -0.25) is 9.59 Å². The Kier molecular flexibility index (Phi) is 4.98. The van der Waals surface area contributed by atoms with Crippen LogP contribution in [0.3, 0.4) is 0 Å². The number of likely N-dealkylation sites (N-methyl/N-ethyl adjacent to an activating group) is 1. The highest BCUT2D eigenvalue weighted by molar-refractivity contribution is 5.95. The molecule has 0 spiro atoms. The van der Waals surface area contributed by atoms with Crippen molar-refractivity contribution < 1.29 is 9.59 Å². The van der Waals surface area contributed by atoms with E-state index in [0.29, 0.717) is 5.56 Å². The quantitative estimate of drug-likeness (QED) is 0.874. The van der Waals surface area contributed by atoms with Gasteiger partial charge in [0.1, 0.15) is 0 Å². The monoisotopic (exact) mass is 275 g/mol. The number of nitrogens with zero attached hydrogens (tertiary/aromatic N) is 1. The van der Waals surface area contributed by atoms with Crippen molar-refractivity contribution in [1.82, 2.24) is 10.2 Å². The van der Waals surface area contributed by atoms with Crippen molar-refractivity contribution in [3.63, 3.8) is 0 Å². The number of likely N-dealkylation sites (tertiary alicyclic amines) is 1. The lowest BCUT2D eigenvalue weighted by Gasteiger charge is -2.26. The van der Waals surface area contributed by atoms with E-state index in [1.165, 1.54) is 6.42 Å². The summed E-state index contributed by atoms with van der Waals surface area (Å²) in [6.07, 6.45) is 3.37. The number of amides is 2. The lowest BCUT2D eigenvalue weighted by Crippen LogP contribution is -2.35. The van der Waals surface area contributed by atoms with Crippen LogP contribution in [0.1, 0.15) is 29.6 Å². The zero-order valence-electron chi connectivity index (χ0n) is 11.8. The summed E-state index contributed by atoms with van der Waals surface area (Å²) in [5.74, 6) is -0.00828. The molecule has 1 heterocycles. The average molecular weight is 275 g/mol. The first-order valence-corrected chi connectivity index (χ1v) is 7.04. The maximum atomic E-state index is 12.4. The van der Waals surface area contributed by atoms with Crippen LogP contribution in [0.15, 0.2) is 24.3 Å². The van der Waals surface area contributed by atoms with Gasteiger partial charge in [0, 0.05) is 31.4 Å². The minimum Gasteiger partial charge on any atom is -0.376 e. The van der Waals surface area contributed by atoms with Crippen LogP contribution in [-0.2, 0) is 4.79 Å². The first-order valence-electron chi connectivity index (χ1n) is 7.04. The van der Waals surface area contributed by atoms with E-state index in [1.807, 2.05) is 23.1 Å². The van der Waals surface area contributed by atoms with Crippen LogP contribution < -0.4 is 10.6 Å². The smallest absolute Gasteiger partial charge is 0.253 e. The maximum absolute atomic E-state index is 12.4. The Labute approximate surface area is 119 Å². The SMILES string of the molecule is CNC(=O)CNc1cccc(C(=O)N2CCCCC2)c1. The summed E-state index contributed by atoms with van der Waals surface area (Å²) >= 11 is 0. The van der Waals surface area contributed by atoms with Gasteiger partial charge in [0.05, 0.1) is 6.54 Å². The normalized spacial score (nSPS) is 14.8. The number of benzene rings is 1. The molecule has 1 saturated heterocycles. The van der Waals surface area contributed by atoms with Gasteiger partial charge >= 0.3 is 0 Å². The second-order valence-electron chi connectivity index (χ2n) is 4.96. The van der Waals surface area contributed by atoms with E-state index >= 15 is 0 Å². The fourth-order valence-corrected chi connectivity index (χ4v) is 2.31. The molecule has 2 amide bonds. The molecule has 1 aliphatic rings. The van der Waals surface area contributed by atoms with E-state index < -0.39 is 0 Å². The van der Waals surface area contributed by atoms with E-state index in [-0.39, 0.29) is 18.4 Å². The minimum absolute atomic E-state index is 0.0771. The van der Waals surface area contributed by atoms with Crippen LogP contribution in [0.5, 0.6) is 0 Å². The second-order valence-corrected chi connectivity index (χ2v) is 4.96. The molecule has 1 fully saturated rings. The molecule has 1 aliphatic heterocycles. The first-order chi connectivity index (χ1) is 9.70. The summed E-state index contributed by atoms with van der Waals surface area (Å²) in [4.78, 5) is 25.5. The molecule has 5 nitrogen and oxygen atoms in total. The zero-order chi connectivity index (χ0) is 14.4. The molecule has 1 aromatic carbocycles.